The van der Waals surface area contributed by atoms with Crippen molar-refractivity contribution < 1.29 is 9.59 Å². The van der Waals surface area contributed by atoms with Crippen molar-refractivity contribution in [3.8, 4) is 0 Å². The van der Waals surface area contributed by atoms with E-state index in [2.05, 4.69) is 31.5 Å². The third-order valence-corrected chi connectivity index (χ3v) is 3.29. The van der Waals surface area contributed by atoms with Crippen molar-refractivity contribution in [2.45, 2.75) is 13.8 Å². The maximum atomic E-state index is 11.9. The second-order valence-electron chi connectivity index (χ2n) is 4.59. The molecule has 0 aliphatic rings. The summed E-state index contributed by atoms with van der Waals surface area (Å²) >= 11 is 3.34. The van der Waals surface area contributed by atoms with Crippen molar-refractivity contribution >= 4 is 39.2 Å². The van der Waals surface area contributed by atoms with Crippen LogP contribution < -0.4 is 10.6 Å². The Hall–Kier alpha value is -2.21. The number of carbonyl (C=O) groups excluding carboxylic acids is 2. The van der Waals surface area contributed by atoms with Gasteiger partial charge in [0.1, 0.15) is 5.82 Å². The second kappa shape index (κ2) is 6.49. The van der Waals surface area contributed by atoms with Crippen molar-refractivity contribution in [3.05, 3.63) is 52.1 Å². The molecule has 0 aliphatic carbocycles. The minimum absolute atomic E-state index is 0.341. The average molecular weight is 348 g/mol. The number of nitrogens with one attached hydrogen (secondary N) is 2. The van der Waals surface area contributed by atoms with E-state index in [1.165, 1.54) is 0 Å². The quantitative estimate of drug-likeness (QED) is 0.820. The molecule has 2 N–H and O–H groups in total. The monoisotopic (exact) mass is 347 g/mol. The fourth-order valence-corrected chi connectivity index (χ4v) is 2.14. The van der Waals surface area contributed by atoms with Gasteiger partial charge in [0, 0.05) is 16.4 Å². The highest BCUT2D eigenvalue weighted by Gasteiger charge is 2.15. The van der Waals surface area contributed by atoms with Crippen molar-refractivity contribution in [3.63, 3.8) is 0 Å². The van der Waals surface area contributed by atoms with Gasteiger partial charge in [0.15, 0.2) is 0 Å². The number of amides is 2. The van der Waals surface area contributed by atoms with Gasteiger partial charge >= 0.3 is 11.8 Å². The minimum Gasteiger partial charge on any atom is -0.318 e. The highest BCUT2D eigenvalue weighted by atomic mass is 79.9. The number of nitrogens with zero attached hydrogens (tertiary/aromatic N) is 1. The first-order valence-electron chi connectivity index (χ1n) is 6.27. The van der Waals surface area contributed by atoms with Gasteiger partial charge in [-0.1, -0.05) is 22.0 Å². The first-order chi connectivity index (χ1) is 9.95. The van der Waals surface area contributed by atoms with E-state index in [-0.39, 0.29) is 0 Å². The summed E-state index contributed by atoms with van der Waals surface area (Å²) in [6.07, 6.45) is 1.62. The number of carbonyl (C=O) groups is 2. The molecule has 0 radical (unpaired) electrons. The second-order valence-corrected chi connectivity index (χ2v) is 5.50. The molecule has 6 heteroatoms. The van der Waals surface area contributed by atoms with Gasteiger partial charge in [0.2, 0.25) is 0 Å². The van der Waals surface area contributed by atoms with Crippen molar-refractivity contribution in [2.24, 2.45) is 0 Å². The molecule has 0 saturated heterocycles. The summed E-state index contributed by atoms with van der Waals surface area (Å²) < 4.78 is 0.909. The number of hydrogen-bond acceptors (Lipinski definition) is 3. The third-order valence-electron chi connectivity index (χ3n) is 2.80. The molecule has 108 valence electrons. The van der Waals surface area contributed by atoms with Crippen LogP contribution in [-0.2, 0) is 9.59 Å². The number of benzene rings is 1. The average Bonchev–Trinajstić information content (AvgIpc) is 2.44. The van der Waals surface area contributed by atoms with Crippen LogP contribution in [0, 0.1) is 13.8 Å². The topological polar surface area (TPSA) is 71.1 Å². The van der Waals surface area contributed by atoms with Crippen LogP contribution in [-0.4, -0.2) is 16.8 Å². The smallest absolute Gasteiger partial charge is 0.315 e. The van der Waals surface area contributed by atoms with Crippen LogP contribution in [0.2, 0.25) is 0 Å². The lowest BCUT2D eigenvalue weighted by molar-refractivity contribution is -0.133. The molecule has 5 nitrogen and oxygen atoms in total. The Kier molecular flexibility index (Phi) is 4.70. The van der Waals surface area contributed by atoms with Gasteiger partial charge in [-0.05, 0) is 49.2 Å². The Labute approximate surface area is 130 Å². The van der Waals surface area contributed by atoms with E-state index in [9.17, 15) is 9.59 Å². The Morgan fingerprint density at radius 2 is 1.76 bits per heavy atom. The fourth-order valence-electron chi connectivity index (χ4n) is 1.66. The summed E-state index contributed by atoms with van der Waals surface area (Å²) in [4.78, 5) is 27.7. The van der Waals surface area contributed by atoms with Crippen molar-refractivity contribution in [1.82, 2.24) is 4.98 Å². The molecule has 0 bridgehead atoms. The third kappa shape index (κ3) is 4.13. The summed E-state index contributed by atoms with van der Waals surface area (Å²) in [6.45, 7) is 3.74. The van der Waals surface area contributed by atoms with E-state index < -0.39 is 11.8 Å². The van der Waals surface area contributed by atoms with Crippen LogP contribution in [0.5, 0.6) is 0 Å². The lowest BCUT2D eigenvalue weighted by Gasteiger charge is -2.09. The highest BCUT2D eigenvalue weighted by molar-refractivity contribution is 9.10. The molecule has 0 unspecified atom stereocenters. The summed E-state index contributed by atoms with van der Waals surface area (Å²) in [5.74, 6) is -1.15. The molecule has 1 aromatic heterocycles. The SMILES string of the molecule is Cc1ccc(NC(=O)C(=O)Nc2ccc(Br)cc2C)nc1. The maximum Gasteiger partial charge on any atom is 0.315 e. The molecule has 2 rings (SSSR count). The van der Waals surface area contributed by atoms with Crippen LogP contribution in [0.3, 0.4) is 0 Å². The number of rotatable bonds is 2. The van der Waals surface area contributed by atoms with E-state index >= 15 is 0 Å². The Bertz CT molecular complexity index is 684. The number of aromatic nitrogens is 1. The van der Waals surface area contributed by atoms with Crippen LogP contribution in [0.25, 0.3) is 0 Å². The molecule has 0 saturated carbocycles. The maximum absolute atomic E-state index is 11.9. The van der Waals surface area contributed by atoms with E-state index in [0.717, 1.165) is 15.6 Å². The number of aryl methyl sites for hydroxylation is 2. The molecular weight excluding hydrogens is 334 g/mol. The van der Waals surface area contributed by atoms with E-state index in [1.807, 2.05) is 19.9 Å². The van der Waals surface area contributed by atoms with Gasteiger partial charge in [-0.25, -0.2) is 4.98 Å². The minimum atomic E-state index is -0.756. The fraction of sp³-hybridized carbons (Fsp3) is 0.133. The molecular formula is C15H14BrN3O2. The van der Waals surface area contributed by atoms with Gasteiger partial charge in [0.05, 0.1) is 0 Å². The molecule has 0 spiro atoms. The van der Waals surface area contributed by atoms with Crippen LogP contribution in [0.4, 0.5) is 11.5 Å². The molecule has 1 heterocycles. The van der Waals surface area contributed by atoms with E-state index in [4.69, 9.17) is 0 Å². The molecule has 2 amide bonds. The summed E-state index contributed by atoms with van der Waals surface area (Å²) in [6, 6.07) is 8.83. The predicted octanol–water partition coefficient (Wildman–Crippen LogP) is 3.04. The number of pyridine rings is 1. The molecule has 0 atom stereocenters. The Balaban J connectivity index is 2.02. The van der Waals surface area contributed by atoms with E-state index in [1.54, 1.807) is 30.5 Å². The zero-order chi connectivity index (χ0) is 15.4. The highest BCUT2D eigenvalue weighted by Crippen LogP contribution is 2.19. The lowest BCUT2D eigenvalue weighted by atomic mass is 10.2. The lowest BCUT2D eigenvalue weighted by Crippen LogP contribution is -2.29. The largest absolute Gasteiger partial charge is 0.318 e. The summed E-state index contributed by atoms with van der Waals surface area (Å²) in [7, 11) is 0. The van der Waals surface area contributed by atoms with Gasteiger partial charge in [-0.15, -0.1) is 0 Å². The molecule has 1 aromatic carbocycles. The summed E-state index contributed by atoms with van der Waals surface area (Å²) in [5, 5.41) is 5.02. The molecule has 0 fully saturated rings. The Morgan fingerprint density at radius 3 is 2.38 bits per heavy atom. The standard InChI is InChI=1S/C15H14BrN3O2/c1-9-3-6-13(17-8-9)19-15(21)14(20)18-12-5-4-11(16)7-10(12)2/h3-8H,1-2H3,(H,18,20)(H,17,19,21). The van der Waals surface area contributed by atoms with Crippen LogP contribution in [0.15, 0.2) is 41.0 Å². The van der Waals surface area contributed by atoms with Gasteiger partial charge in [-0.3, -0.25) is 9.59 Å². The predicted molar refractivity (Wildman–Crippen MR) is 85.1 cm³/mol. The first-order valence-corrected chi connectivity index (χ1v) is 7.06. The Morgan fingerprint density at radius 1 is 1.05 bits per heavy atom. The molecule has 2 aromatic rings. The van der Waals surface area contributed by atoms with Gasteiger partial charge in [0.25, 0.3) is 0 Å². The van der Waals surface area contributed by atoms with Gasteiger partial charge < -0.3 is 10.6 Å². The normalized spacial score (nSPS) is 10.0. The van der Waals surface area contributed by atoms with Crippen molar-refractivity contribution in [2.75, 3.05) is 10.6 Å². The van der Waals surface area contributed by atoms with E-state index in [0.29, 0.717) is 11.5 Å². The molecule has 0 aliphatic heterocycles. The summed E-state index contributed by atoms with van der Waals surface area (Å²) in [5.41, 5.74) is 2.43. The number of hydrogen-bond donors (Lipinski definition) is 2. The zero-order valence-corrected chi connectivity index (χ0v) is 13.2. The first kappa shape index (κ1) is 15.2. The van der Waals surface area contributed by atoms with Crippen LogP contribution in [0.1, 0.15) is 11.1 Å². The zero-order valence-electron chi connectivity index (χ0n) is 11.6. The number of halogens is 1. The van der Waals surface area contributed by atoms with Crippen LogP contribution >= 0.6 is 15.9 Å². The molecule has 21 heavy (non-hydrogen) atoms. The number of anilines is 2. The van der Waals surface area contributed by atoms with Crippen molar-refractivity contribution in [1.29, 1.82) is 0 Å². The van der Waals surface area contributed by atoms with Gasteiger partial charge in [-0.2, -0.15) is 0 Å².